The lowest BCUT2D eigenvalue weighted by molar-refractivity contribution is -0.142. The third-order valence-corrected chi connectivity index (χ3v) is 5.12. The van der Waals surface area contributed by atoms with Gasteiger partial charge in [0.2, 0.25) is 0 Å². The summed E-state index contributed by atoms with van der Waals surface area (Å²) >= 11 is 6.01. The Kier molecular flexibility index (Phi) is 7.89. The van der Waals surface area contributed by atoms with Crippen molar-refractivity contribution in [1.82, 2.24) is 15.3 Å². The molecule has 9 nitrogen and oxygen atoms in total. The van der Waals surface area contributed by atoms with E-state index in [1.165, 1.54) is 14.2 Å². The lowest BCUT2D eigenvalue weighted by Gasteiger charge is -2.21. The molecular weight excluding hydrogens is 446 g/mol. The number of rotatable bonds is 8. The summed E-state index contributed by atoms with van der Waals surface area (Å²) in [5, 5.41) is 9.82. The predicted molar refractivity (Wildman–Crippen MR) is 128 cm³/mol. The number of esters is 1. The normalized spacial score (nSPS) is 11.7. The number of amides is 2. The molecule has 1 aromatic heterocycles. The molecule has 0 spiro atoms. The van der Waals surface area contributed by atoms with E-state index >= 15 is 0 Å². The van der Waals surface area contributed by atoms with E-state index in [-0.39, 0.29) is 18.4 Å². The summed E-state index contributed by atoms with van der Waals surface area (Å²) in [4.78, 5) is 33.8. The SMILES string of the molecule is COC(=O)[C@@H](Nc1nc(CNC(=O)Nc2cc(Cl)ccc2OC)nc2ccccc12)C(C)C. The van der Waals surface area contributed by atoms with Gasteiger partial charge in [0.25, 0.3) is 0 Å². The number of methoxy groups -OCH3 is 2. The third kappa shape index (κ3) is 6.01. The molecule has 2 amide bonds. The highest BCUT2D eigenvalue weighted by Gasteiger charge is 2.24. The van der Waals surface area contributed by atoms with Crippen LogP contribution in [0, 0.1) is 5.92 Å². The van der Waals surface area contributed by atoms with Gasteiger partial charge in [-0.2, -0.15) is 0 Å². The first-order chi connectivity index (χ1) is 15.8. The van der Waals surface area contributed by atoms with Crippen LogP contribution in [0.3, 0.4) is 0 Å². The van der Waals surface area contributed by atoms with Crippen molar-refractivity contribution in [2.24, 2.45) is 5.92 Å². The van der Waals surface area contributed by atoms with E-state index in [1.54, 1.807) is 18.2 Å². The predicted octanol–water partition coefficient (Wildman–Crippen LogP) is 4.22. The maximum absolute atomic E-state index is 12.5. The molecule has 0 aliphatic rings. The maximum atomic E-state index is 12.5. The number of urea groups is 1. The molecule has 33 heavy (non-hydrogen) atoms. The summed E-state index contributed by atoms with van der Waals surface area (Å²) in [6, 6.07) is 11.3. The fourth-order valence-corrected chi connectivity index (χ4v) is 3.36. The molecule has 0 radical (unpaired) electrons. The van der Waals surface area contributed by atoms with Gasteiger partial charge in [-0.05, 0) is 36.2 Å². The fourth-order valence-electron chi connectivity index (χ4n) is 3.19. The van der Waals surface area contributed by atoms with Crippen LogP contribution in [0.4, 0.5) is 16.3 Å². The third-order valence-electron chi connectivity index (χ3n) is 4.88. The fraction of sp³-hybridized carbons (Fsp3) is 0.304. The first-order valence-electron chi connectivity index (χ1n) is 10.3. The zero-order valence-corrected chi connectivity index (χ0v) is 19.6. The molecule has 10 heteroatoms. The number of benzene rings is 2. The molecule has 0 unspecified atom stereocenters. The summed E-state index contributed by atoms with van der Waals surface area (Å²) in [5.74, 6) is 0.911. The Morgan fingerprint density at radius 1 is 1.09 bits per heavy atom. The molecule has 0 aliphatic carbocycles. The van der Waals surface area contributed by atoms with Gasteiger partial charge in [0.15, 0.2) is 5.82 Å². The Hall–Kier alpha value is -3.59. The van der Waals surface area contributed by atoms with Crippen LogP contribution in [0.25, 0.3) is 10.9 Å². The van der Waals surface area contributed by atoms with Crippen molar-refractivity contribution in [3.63, 3.8) is 0 Å². The van der Waals surface area contributed by atoms with Crippen LogP contribution < -0.4 is 20.7 Å². The number of hydrogen-bond acceptors (Lipinski definition) is 7. The van der Waals surface area contributed by atoms with Crippen molar-refractivity contribution in [3.8, 4) is 5.75 Å². The Labute approximate surface area is 196 Å². The molecule has 1 heterocycles. The van der Waals surface area contributed by atoms with Gasteiger partial charge in [-0.1, -0.05) is 37.6 Å². The number of nitrogens with one attached hydrogen (secondary N) is 3. The molecule has 3 rings (SSSR count). The molecule has 0 bridgehead atoms. The zero-order chi connectivity index (χ0) is 24.0. The first kappa shape index (κ1) is 24.1. The zero-order valence-electron chi connectivity index (χ0n) is 18.8. The number of carbonyl (C=O) groups excluding carboxylic acids is 2. The highest BCUT2D eigenvalue weighted by atomic mass is 35.5. The molecule has 1 atom stereocenters. The van der Waals surface area contributed by atoms with Crippen LogP contribution in [-0.2, 0) is 16.1 Å². The average molecular weight is 472 g/mol. The summed E-state index contributed by atoms with van der Waals surface area (Å²) < 4.78 is 10.2. The minimum Gasteiger partial charge on any atom is -0.495 e. The monoisotopic (exact) mass is 471 g/mol. The molecule has 0 fully saturated rings. The van der Waals surface area contributed by atoms with E-state index < -0.39 is 12.1 Å². The van der Waals surface area contributed by atoms with Gasteiger partial charge >= 0.3 is 12.0 Å². The second-order valence-corrected chi connectivity index (χ2v) is 7.98. The number of para-hydroxylation sites is 1. The second kappa shape index (κ2) is 10.8. The van der Waals surface area contributed by atoms with E-state index in [4.69, 9.17) is 21.1 Å². The Bertz CT molecular complexity index is 1150. The van der Waals surface area contributed by atoms with Crippen molar-refractivity contribution in [1.29, 1.82) is 0 Å². The molecule has 3 N–H and O–H groups in total. The summed E-state index contributed by atoms with van der Waals surface area (Å²) in [7, 11) is 2.85. The number of aromatic nitrogens is 2. The largest absolute Gasteiger partial charge is 0.495 e. The van der Waals surface area contributed by atoms with Gasteiger partial charge in [-0.25, -0.2) is 19.6 Å². The molecule has 0 aliphatic heterocycles. The summed E-state index contributed by atoms with van der Waals surface area (Å²) in [6.45, 7) is 3.88. The Morgan fingerprint density at radius 3 is 2.55 bits per heavy atom. The van der Waals surface area contributed by atoms with E-state index in [0.717, 1.165) is 5.39 Å². The van der Waals surface area contributed by atoms with Crippen LogP contribution in [-0.4, -0.2) is 42.2 Å². The van der Waals surface area contributed by atoms with Crippen LogP contribution in [0.5, 0.6) is 5.75 Å². The minimum atomic E-state index is -0.590. The molecule has 2 aromatic carbocycles. The van der Waals surface area contributed by atoms with Gasteiger partial charge in [0, 0.05) is 10.4 Å². The van der Waals surface area contributed by atoms with E-state index in [0.29, 0.717) is 33.6 Å². The number of hydrogen-bond donors (Lipinski definition) is 3. The van der Waals surface area contributed by atoms with Crippen molar-refractivity contribution in [2.75, 3.05) is 24.9 Å². The number of ether oxygens (including phenoxy) is 2. The Morgan fingerprint density at radius 2 is 1.85 bits per heavy atom. The molecular formula is C23H26ClN5O4. The van der Waals surface area contributed by atoms with E-state index in [2.05, 4.69) is 25.9 Å². The quantitative estimate of drug-likeness (QED) is 0.421. The lowest BCUT2D eigenvalue weighted by atomic mass is 10.0. The van der Waals surface area contributed by atoms with Crippen LogP contribution in [0.1, 0.15) is 19.7 Å². The van der Waals surface area contributed by atoms with Crippen molar-refractivity contribution in [3.05, 3.63) is 53.3 Å². The highest BCUT2D eigenvalue weighted by Crippen LogP contribution is 2.27. The molecule has 174 valence electrons. The van der Waals surface area contributed by atoms with Crippen LogP contribution in [0.15, 0.2) is 42.5 Å². The average Bonchev–Trinajstić information content (AvgIpc) is 2.80. The number of anilines is 2. The molecule has 0 saturated heterocycles. The van der Waals surface area contributed by atoms with Gasteiger partial charge in [-0.3, -0.25) is 0 Å². The van der Waals surface area contributed by atoms with E-state index in [1.807, 2.05) is 38.1 Å². The maximum Gasteiger partial charge on any atom is 0.328 e. The van der Waals surface area contributed by atoms with Gasteiger partial charge in [-0.15, -0.1) is 0 Å². The van der Waals surface area contributed by atoms with Gasteiger partial charge in [0.05, 0.1) is 32.0 Å². The topological polar surface area (TPSA) is 114 Å². The highest BCUT2D eigenvalue weighted by molar-refractivity contribution is 6.31. The molecule has 0 saturated carbocycles. The van der Waals surface area contributed by atoms with Gasteiger partial charge < -0.3 is 25.4 Å². The van der Waals surface area contributed by atoms with Gasteiger partial charge in [0.1, 0.15) is 17.6 Å². The van der Waals surface area contributed by atoms with Crippen molar-refractivity contribution >= 4 is 46.0 Å². The van der Waals surface area contributed by atoms with Crippen LogP contribution >= 0.6 is 11.6 Å². The Balaban J connectivity index is 1.80. The summed E-state index contributed by atoms with van der Waals surface area (Å²) in [5.41, 5.74) is 1.11. The van der Waals surface area contributed by atoms with Crippen molar-refractivity contribution in [2.45, 2.75) is 26.4 Å². The summed E-state index contributed by atoms with van der Waals surface area (Å²) in [6.07, 6.45) is 0. The van der Waals surface area contributed by atoms with E-state index in [9.17, 15) is 9.59 Å². The molecule has 3 aromatic rings. The number of carbonyl (C=O) groups is 2. The number of nitrogens with zero attached hydrogens (tertiary/aromatic N) is 2. The lowest BCUT2D eigenvalue weighted by Crippen LogP contribution is -2.36. The number of halogens is 1. The smallest absolute Gasteiger partial charge is 0.328 e. The first-order valence-corrected chi connectivity index (χ1v) is 10.7. The van der Waals surface area contributed by atoms with Crippen LogP contribution in [0.2, 0.25) is 5.02 Å². The van der Waals surface area contributed by atoms with Crippen molar-refractivity contribution < 1.29 is 19.1 Å². The number of fused-ring (bicyclic) bond motifs is 1. The minimum absolute atomic E-state index is 0.0359. The second-order valence-electron chi connectivity index (χ2n) is 7.55. The standard InChI is InChI=1S/C23H26ClN5O4/c1-13(2)20(22(30)33-4)29-21-15-7-5-6-8-16(15)26-19(28-21)12-25-23(31)27-17-11-14(24)9-10-18(17)32-3/h5-11,13,20H,12H2,1-4H3,(H2,25,27,31)(H,26,28,29)/t20-/m0/s1.